The Morgan fingerprint density at radius 1 is 1.30 bits per heavy atom. The molecule has 0 unspecified atom stereocenters. The summed E-state index contributed by atoms with van der Waals surface area (Å²) in [5.74, 6) is -0.905. The molecular weight excluding hydrogens is 320 g/mol. The minimum atomic E-state index is -0.806. The molecule has 6 nitrogen and oxygen atoms in total. The van der Waals surface area contributed by atoms with Crippen molar-refractivity contribution in [1.82, 2.24) is 10.3 Å². The number of hydrogen-bond acceptors (Lipinski definition) is 4. The lowest BCUT2D eigenvalue weighted by molar-refractivity contribution is -0.146. The number of nitrogens with zero attached hydrogens (tertiary/aromatic N) is 1. The van der Waals surface area contributed by atoms with Gasteiger partial charge in [0.15, 0.2) is 0 Å². The van der Waals surface area contributed by atoms with E-state index in [-0.39, 0.29) is 24.3 Å². The van der Waals surface area contributed by atoms with Gasteiger partial charge < -0.3 is 14.8 Å². The Labute approximate surface area is 137 Å². The third kappa shape index (κ3) is 3.71. The summed E-state index contributed by atoms with van der Waals surface area (Å²) in [6.07, 6.45) is 2.52. The number of nitrogens with one attached hydrogen (secondary N) is 1. The molecule has 2 aromatic rings. The molecular formula is C16H15ClN2O4. The van der Waals surface area contributed by atoms with Crippen LogP contribution in [0.4, 0.5) is 0 Å². The molecule has 3 rings (SSSR count). The van der Waals surface area contributed by atoms with Gasteiger partial charge in [0, 0.05) is 16.6 Å². The summed E-state index contributed by atoms with van der Waals surface area (Å²) in [6, 6.07) is 6.99. The highest BCUT2D eigenvalue weighted by molar-refractivity contribution is 6.30. The zero-order valence-corrected chi connectivity index (χ0v) is 12.9. The standard InChI is InChI=1S/C16H15ClN2O4/c17-11-3-1-9(2-4-11)15-19-13(8-23-15)7-14(20)18-12-5-10(6-12)16(21)22/h1-4,8,10,12H,5-7H2,(H,18,20)(H,21,22). The number of carboxylic acid groups (broad SMARTS) is 1. The molecule has 1 saturated carbocycles. The van der Waals surface area contributed by atoms with Crippen LogP contribution in [-0.4, -0.2) is 28.0 Å². The fourth-order valence-corrected chi connectivity index (χ4v) is 2.62. The molecule has 1 aromatic carbocycles. The van der Waals surface area contributed by atoms with E-state index in [1.807, 2.05) is 0 Å². The first-order chi connectivity index (χ1) is 11.0. The van der Waals surface area contributed by atoms with Crippen molar-refractivity contribution in [3.05, 3.63) is 41.2 Å². The first-order valence-electron chi connectivity index (χ1n) is 7.24. The van der Waals surface area contributed by atoms with Gasteiger partial charge in [0.05, 0.1) is 18.0 Å². The molecule has 0 aliphatic heterocycles. The van der Waals surface area contributed by atoms with Crippen LogP contribution in [0.3, 0.4) is 0 Å². The van der Waals surface area contributed by atoms with Gasteiger partial charge in [0.25, 0.3) is 0 Å². The van der Waals surface area contributed by atoms with E-state index in [2.05, 4.69) is 10.3 Å². The van der Waals surface area contributed by atoms with Crippen LogP contribution in [0.2, 0.25) is 5.02 Å². The van der Waals surface area contributed by atoms with Gasteiger partial charge in [-0.15, -0.1) is 0 Å². The molecule has 0 radical (unpaired) electrons. The highest BCUT2D eigenvalue weighted by atomic mass is 35.5. The van der Waals surface area contributed by atoms with Gasteiger partial charge in [0.1, 0.15) is 6.26 Å². The minimum absolute atomic E-state index is 0.0637. The fourth-order valence-electron chi connectivity index (χ4n) is 2.49. The van der Waals surface area contributed by atoms with E-state index < -0.39 is 5.97 Å². The Balaban J connectivity index is 1.54. The van der Waals surface area contributed by atoms with E-state index in [9.17, 15) is 9.59 Å². The van der Waals surface area contributed by atoms with Gasteiger partial charge in [-0.3, -0.25) is 9.59 Å². The molecule has 1 aliphatic carbocycles. The number of benzene rings is 1. The van der Waals surface area contributed by atoms with Crippen molar-refractivity contribution >= 4 is 23.5 Å². The Bertz CT molecular complexity index is 720. The lowest BCUT2D eigenvalue weighted by atomic mass is 9.80. The summed E-state index contributed by atoms with van der Waals surface area (Å²) >= 11 is 5.83. The van der Waals surface area contributed by atoms with Crippen molar-refractivity contribution in [1.29, 1.82) is 0 Å². The first kappa shape index (κ1) is 15.6. The van der Waals surface area contributed by atoms with Crippen LogP contribution in [0.1, 0.15) is 18.5 Å². The summed E-state index contributed by atoms with van der Waals surface area (Å²) in [5, 5.41) is 12.2. The number of aliphatic carboxylic acids is 1. The van der Waals surface area contributed by atoms with Gasteiger partial charge in [-0.2, -0.15) is 0 Å². The van der Waals surface area contributed by atoms with Gasteiger partial charge in [-0.25, -0.2) is 4.98 Å². The molecule has 120 valence electrons. The maximum atomic E-state index is 11.9. The molecule has 0 atom stereocenters. The van der Waals surface area contributed by atoms with Crippen molar-refractivity contribution in [2.75, 3.05) is 0 Å². The quantitative estimate of drug-likeness (QED) is 0.876. The number of halogens is 1. The number of rotatable bonds is 5. The Morgan fingerprint density at radius 3 is 2.65 bits per heavy atom. The SMILES string of the molecule is O=C(Cc1coc(-c2ccc(Cl)cc2)n1)NC1CC(C(=O)O)C1. The Morgan fingerprint density at radius 2 is 2.00 bits per heavy atom. The lowest BCUT2D eigenvalue weighted by Gasteiger charge is -2.32. The summed E-state index contributed by atoms with van der Waals surface area (Å²) < 4.78 is 5.37. The second-order valence-electron chi connectivity index (χ2n) is 5.60. The van der Waals surface area contributed by atoms with Crippen molar-refractivity contribution in [2.24, 2.45) is 5.92 Å². The maximum Gasteiger partial charge on any atom is 0.306 e. The third-order valence-electron chi connectivity index (χ3n) is 3.84. The highest BCUT2D eigenvalue weighted by Crippen LogP contribution is 2.27. The number of aromatic nitrogens is 1. The van der Waals surface area contributed by atoms with E-state index in [0.29, 0.717) is 29.4 Å². The average molecular weight is 335 g/mol. The zero-order chi connectivity index (χ0) is 16.4. The second kappa shape index (κ2) is 6.42. The minimum Gasteiger partial charge on any atom is -0.481 e. The Kier molecular flexibility index (Phi) is 4.34. The fraction of sp³-hybridized carbons (Fsp3) is 0.312. The maximum absolute atomic E-state index is 11.9. The molecule has 2 N–H and O–H groups in total. The van der Waals surface area contributed by atoms with Crippen LogP contribution >= 0.6 is 11.6 Å². The van der Waals surface area contributed by atoms with Crippen LogP contribution in [0.25, 0.3) is 11.5 Å². The smallest absolute Gasteiger partial charge is 0.306 e. The van der Waals surface area contributed by atoms with E-state index >= 15 is 0 Å². The van der Waals surface area contributed by atoms with Gasteiger partial charge >= 0.3 is 5.97 Å². The normalized spacial score (nSPS) is 19.9. The molecule has 0 saturated heterocycles. The van der Waals surface area contributed by atoms with Gasteiger partial charge in [-0.1, -0.05) is 11.6 Å². The summed E-state index contributed by atoms with van der Waals surface area (Å²) in [6.45, 7) is 0. The number of carbonyl (C=O) groups excluding carboxylic acids is 1. The van der Waals surface area contributed by atoms with Crippen molar-refractivity contribution in [3.63, 3.8) is 0 Å². The average Bonchev–Trinajstić information content (AvgIpc) is 2.91. The lowest BCUT2D eigenvalue weighted by Crippen LogP contribution is -2.47. The number of oxazole rings is 1. The van der Waals surface area contributed by atoms with Crippen LogP contribution < -0.4 is 5.32 Å². The van der Waals surface area contributed by atoms with E-state index in [4.69, 9.17) is 21.1 Å². The van der Waals surface area contributed by atoms with Crippen LogP contribution in [0.5, 0.6) is 0 Å². The number of amides is 1. The van der Waals surface area contributed by atoms with E-state index in [0.717, 1.165) is 5.56 Å². The summed E-state index contributed by atoms with van der Waals surface area (Å²) in [7, 11) is 0. The predicted octanol–water partition coefficient (Wildman–Crippen LogP) is 2.52. The largest absolute Gasteiger partial charge is 0.481 e. The van der Waals surface area contributed by atoms with Crippen molar-refractivity contribution in [3.8, 4) is 11.5 Å². The van der Waals surface area contributed by atoms with Crippen LogP contribution in [0, 0.1) is 5.92 Å². The molecule has 1 amide bonds. The third-order valence-corrected chi connectivity index (χ3v) is 4.09. The van der Waals surface area contributed by atoms with Crippen LogP contribution in [0.15, 0.2) is 34.9 Å². The summed E-state index contributed by atoms with van der Waals surface area (Å²) in [5.41, 5.74) is 1.31. The predicted molar refractivity (Wildman–Crippen MR) is 82.9 cm³/mol. The molecule has 1 fully saturated rings. The molecule has 0 spiro atoms. The second-order valence-corrected chi connectivity index (χ2v) is 6.04. The molecule has 1 aliphatic rings. The summed E-state index contributed by atoms with van der Waals surface area (Å²) in [4.78, 5) is 26.9. The topological polar surface area (TPSA) is 92.4 Å². The molecule has 0 bridgehead atoms. The van der Waals surface area contributed by atoms with Crippen molar-refractivity contribution < 1.29 is 19.1 Å². The van der Waals surface area contributed by atoms with Gasteiger partial charge in [0.2, 0.25) is 11.8 Å². The first-order valence-corrected chi connectivity index (χ1v) is 7.61. The van der Waals surface area contributed by atoms with Crippen molar-refractivity contribution in [2.45, 2.75) is 25.3 Å². The zero-order valence-electron chi connectivity index (χ0n) is 12.2. The monoisotopic (exact) mass is 334 g/mol. The number of carbonyl (C=O) groups is 2. The molecule has 7 heteroatoms. The Hall–Kier alpha value is -2.34. The van der Waals surface area contributed by atoms with Crippen LogP contribution in [-0.2, 0) is 16.0 Å². The molecule has 23 heavy (non-hydrogen) atoms. The number of carboxylic acids is 1. The molecule has 1 heterocycles. The van der Waals surface area contributed by atoms with Gasteiger partial charge in [-0.05, 0) is 37.1 Å². The van der Waals surface area contributed by atoms with E-state index in [1.165, 1.54) is 6.26 Å². The highest BCUT2D eigenvalue weighted by Gasteiger charge is 2.35. The van der Waals surface area contributed by atoms with E-state index in [1.54, 1.807) is 24.3 Å². The number of hydrogen-bond donors (Lipinski definition) is 2. The molecule has 1 aromatic heterocycles.